The molecule has 29 heavy (non-hydrogen) atoms. The number of benzene rings is 1. The van der Waals surface area contributed by atoms with Gasteiger partial charge >= 0.3 is 0 Å². The third-order valence-corrected chi connectivity index (χ3v) is 5.74. The molecule has 0 spiro atoms. The van der Waals surface area contributed by atoms with Gasteiger partial charge in [-0.05, 0) is 42.9 Å². The van der Waals surface area contributed by atoms with Crippen molar-refractivity contribution < 1.29 is 9.53 Å². The summed E-state index contributed by atoms with van der Waals surface area (Å²) in [6.07, 6.45) is 4.02. The normalized spacial score (nSPS) is 16.7. The first-order valence-electron chi connectivity index (χ1n) is 10.8. The van der Waals surface area contributed by atoms with Crippen LogP contribution in [0.25, 0.3) is 0 Å². The van der Waals surface area contributed by atoms with Gasteiger partial charge in [-0.2, -0.15) is 5.10 Å². The Bertz CT molecular complexity index is 853. The average molecular weight is 397 g/mol. The van der Waals surface area contributed by atoms with E-state index in [9.17, 15) is 4.79 Å². The van der Waals surface area contributed by atoms with Crippen LogP contribution in [0.15, 0.2) is 24.3 Å². The molecule has 0 bridgehead atoms. The van der Waals surface area contributed by atoms with Crippen LogP contribution in [0.2, 0.25) is 0 Å². The minimum atomic E-state index is -0.00153. The van der Waals surface area contributed by atoms with Gasteiger partial charge in [-0.15, -0.1) is 0 Å². The maximum Gasteiger partial charge on any atom is 0.272 e. The number of amides is 1. The molecule has 2 aliphatic rings. The van der Waals surface area contributed by atoms with Gasteiger partial charge < -0.3 is 10.1 Å². The SMILES string of the molecule is COc1ccc(CCn2nc(C(=O)NC3CC3)c3c2CCN(CC(C)C)C3)cc1. The van der Waals surface area contributed by atoms with Crippen molar-refractivity contribution in [1.29, 1.82) is 0 Å². The first-order chi connectivity index (χ1) is 14.0. The van der Waals surface area contributed by atoms with E-state index in [4.69, 9.17) is 9.84 Å². The number of hydrogen-bond acceptors (Lipinski definition) is 4. The molecule has 1 aliphatic carbocycles. The van der Waals surface area contributed by atoms with Gasteiger partial charge in [0.1, 0.15) is 5.75 Å². The zero-order valence-corrected chi connectivity index (χ0v) is 17.8. The fraction of sp³-hybridized carbons (Fsp3) is 0.565. The number of ether oxygens (including phenoxy) is 1. The van der Waals surface area contributed by atoms with Crippen LogP contribution in [0.3, 0.4) is 0 Å². The van der Waals surface area contributed by atoms with Gasteiger partial charge in [-0.1, -0.05) is 26.0 Å². The molecule has 1 saturated carbocycles. The van der Waals surface area contributed by atoms with Gasteiger partial charge in [0.05, 0.1) is 7.11 Å². The lowest BCUT2D eigenvalue weighted by Crippen LogP contribution is -2.35. The monoisotopic (exact) mass is 396 g/mol. The van der Waals surface area contributed by atoms with Gasteiger partial charge in [0.2, 0.25) is 0 Å². The van der Waals surface area contributed by atoms with Crippen LogP contribution in [-0.2, 0) is 25.9 Å². The highest BCUT2D eigenvalue weighted by molar-refractivity contribution is 5.94. The van der Waals surface area contributed by atoms with Crippen LogP contribution in [-0.4, -0.2) is 46.8 Å². The van der Waals surface area contributed by atoms with Crippen molar-refractivity contribution in [1.82, 2.24) is 20.0 Å². The number of hydrogen-bond donors (Lipinski definition) is 1. The molecule has 6 heteroatoms. The number of nitrogens with zero attached hydrogens (tertiary/aromatic N) is 3. The number of fused-ring (bicyclic) bond motifs is 1. The van der Waals surface area contributed by atoms with Gasteiger partial charge in [0.15, 0.2) is 5.69 Å². The van der Waals surface area contributed by atoms with Gasteiger partial charge in [-0.3, -0.25) is 14.4 Å². The molecule has 4 rings (SSSR count). The highest BCUT2D eigenvalue weighted by Crippen LogP contribution is 2.26. The van der Waals surface area contributed by atoms with Crippen LogP contribution in [0.1, 0.15) is 54.0 Å². The molecular formula is C23H32N4O2. The Hall–Kier alpha value is -2.34. The number of nitrogens with one attached hydrogen (secondary N) is 1. The first kappa shape index (κ1) is 20.0. The maximum absolute atomic E-state index is 12.8. The van der Waals surface area contributed by atoms with E-state index >= 15 is 0 Å². The minimum Gasteiger partial charge on any atom is -0.497 e. The molecule has 1 aromatic carbocycles. The van der Waals surface area contributed by atoms with E-state index in [2.05, 4.69) is 40.9 Å². The molecule has 1 N–H and O–H groups in total. The second-order valence-corrected chi connectivity index (χ2v) is 8.72. The number of rotatable bonds is 8. The molecular weight excluding hydrogens is 364 g/mol. The van der Waals surface area contributed by atoms with E-state index in [1.165, 1.54) is 11.3 Å². The average Bonchev–Trinajstić information content (AvgIpc) is 3.45. The van der Waals surface area contributed by atoms with E-state index in [0.29, 0.717) is 17.7 Å². The largest absolute Gasteiger partial charge is 0.497 e. The fourth-order valence-electron chi connectivity index (χ4n) is 4.09. The molecule has 2 heterocycles. The number of methoxy groups -OCH3 is 1. The molecule has 1 amide bonds. The van der Waals surface area contributed by atoms with Gasteiger partial charge in [0.25, 0.3) is 5.91 Å². The highest BCUT2D eigenvalue weighted by Gasteiger charge is 2.31. The van der Waals surface area contributed by atoms with E-state index < -0.39 is 0 Å². The molecule has 0 radical (unpaired) electrons. The summed E-state index contributed by atoms with van der Waals surface area (Å²) in [7, 11) is 1.68. The van der Waals surface area contributed by atoms with Crippen LogP contribution in [0.4, 0.5) is 0 Å². The van der Waals surface area contributed by atoms with E-state index in [1.54, 1.807) is 7.11 Å². The number of aromatic nitrogens is 2. The van der Waals surface area contributed by atoms with Crippen molar-refractivity contribution in [3.8, 4) is 5.75 Å². The lowest BCUT2D eigenvalue weighted by Gasteiger charge is -2.29. The Balaban J connectivity index is 1.53. The standard InChI is InChI=1S/C23H32N4O2/c1-16(2)14-26-12-11-21-20(15-26)22(23(28)24-18-6-7-18)25-27(21)13-10-17-4-8-19(29-3)9-5-17/h4-5,8-9,16,18H,6-7,10-15H2,1-3H3,(H,24,28). The molecule has 2 aromatic rings. The number of carbonyl (C=O) groups is 1. The molecule has 156 valence electrons. The van der Waals surface area contributed by atoms with Gasteiger partial charge in [-0.25, -0.2) is 0 Å². The quantitative estimate of drug-likeness (QED) is 0.745. The lowest BCUT2D eigenvalue weighted by molar-refractivity contribution is 0.0942. The zero-order valence-electron chi connectivity index (χ0n) is 17.8. The van der Waals surface area contributed by atoms with Crippen molar-refractivity contribution in [2.45, 2.75) is 58.7 Å². The molecule has 1 aromatic heterocycles. The summed E-state index contributed by atoms with van der Waals surface area (Å²) < 4.78 is 7.32. The van der Waals surface area contributed by atoms with Gasteiger partial charge in [0, 0.05) is 49.9 Å². The van der Waals surface area contributed by atoms with E-state index in [0.717, 1.165) is 63.2 Å². The second kappa shape index (κ2) is 8.57. The number of aryl methyl sites for hydroxylation is 2. The van der Waals surface area contributed by atoms with E-state index in [1.807, 2.05) is 12.1 Å². The molecule has 0 unspecified atom stereocenters. The summed E-state index contributed by atoms with van der Waals surface area (Å²) in [5.74, 6) is 1.48. The summed E-state index contributed by atoms with van der Waals surface area (Å²) in [4.78, 5) is 15.3. The molecule has 1 fully saturated rings. The Morgan fingerprint density at radius 2 is 2.03 bits per heavy atom. The Morgan fingerprint density at radius 3 is 2.69 bits per heavy atom. The van der Waals surface area contributed by atoms with Crippen LogP contribution in [0, 0.1) is 5.92 Å². The van der Waals surface area contributed by atoms with Crippen molar-refractivity contribution in [3.05, 3.63) is 46.8 Å². The highest BCUT2D eigenvalue weighted by atomic mass is 16.5. The summed E-state index contributed by atoms with van der Waals surface area (Å²) in [5, 5.41) is 7.92. The van der Waals surface area contributed by atoms with E-state index in [-0.39, 0.29) is 5.91 Å². The summed E-state index contributed by atoms with van der Waals surface area (Å²) in [6.45, 7) is 8.19. The maximum atomic E-state index is 12.8. The second-order valence-electron chi connectivity index (χ2n) is 8.72. The predicted molar refractivity (Wildman–Crippen MR) is 113 cm³/mol. The zero-order chi connectivity index (χ0) is 20.4. The van der Waals surface area contributed by atoms with Crippen molar-refractivity contribution >= 4 is 5.91 Å². The minimum absolute atomic E-state index is 0.00153. The predicted octanol–water partition coefficient (Wildman–Crippen LogP) is 3.04. The third-order valence-electron chi connectivity index (χ3n) is 5.74. The Labute approximate surface area is 173 Å². The van der Waals surface area contributed by atoms with Crippen LogP contribution < -0.4 is 10.1 Å². The smallest absolute Gasteiger partial charge is 0.272 e. The summed E-state index contributed by atoms with van der Waals surface area (Å²) in [5.41, 5.74) is 4.25. The molecule has 1 aliphatic heterocycles. The molecule has 0 atom stereocenters. The fourth-order valence-corrected chi connectivity index (χ4v) is 4.09. The Morgan fingerprint density at radius 1 is 1.28 bits per heavy atom. The number of carbonyl (C=O) groups excluding carboxylic acids is 1. The van der Waals surface area contributed by atoms with Crippen LogP contribution in [0.5, 0.6) is 5.75 Å². The van der Waals surface area contributed by atoms with Crippen molar-refractivity contribution in [2.24, 2.45) is 5.92 Å². The molecule has 0 saturated heterocycles. The summed E-state index contributed by atoms with van der Waals surface area (Å²) >= 11 is 0. The van der Waals surface area contributed by atoms with Crippen molar-refractivity contribution in [3.63, 3.8) is 0 Å². The Kier molecular flexibility index (Phi) is 5.90. The van der Waals surface area contributed by atoms with Crippen molar-refractivity contribution in [2.75, 3.05) is 20.2 Å². The molecule has 6 nitrogen and oxygen atoms in total. The third kappa shape index (κ3) is 4.81. The summed E-state index contributed by atoms with van der Waals surface area (Å²) in [6, 6.07) is 8.52. The topological polar surface area (TPSA) is 59.4 Å². The van der Waals surface area contributed by atoms with Crippen LogP contribution >= 0.6 is 0 Å². The first-order valence-corrected chi connectivity index (χ1v) is 10.8. The lowest BCUT2D eigenvalue weighted by atomic mass is 10.0.